The van der Waals surface area contributed by atoms with E-state index in [0.717, 1.165) is 60.3 Å². The van der Waals surface area contributed by atoms with Crippen LogP contribution in [0.4, 0.5) is 5.00 Å². The number of thiophene rings is 2. The third-order valence-electron chi connectivity index (χ3n) is 5.71. The Morgan fingerprint density at radius 2 is 1.93 bits per heavy atom. The first kappa shape index (κ1) is 21.1. The molecule has 0 aliphatic heterocycles. The summed E-state index contributed by atoms with van der Waals surface area (Å²) in [7, 11) is 0. The Morgan fingerprint density at radius 1 is 1.10 bits per heavy atom. The summed E-state index contributed by atoms with van der Waals surface area (Å²) in [4.78, 5) is 39.8. The lowest BCUT2D eigenvalue weighted by Crippen LogP contribution is -2.28. The van der Waals surface area contributed by atoms with Crippen LogP contribution in [0.25, 0.3) is 0 Å². The van der Waals surface area contributed by atoms with Crippen LogP contribution in [-0.4, -0.2) is 24.4 Å². The van der Waals surface area contributed by atoms with Crippen LogP contribution in [0.15, 0.2) is 17.5 Å². The minimum atomic E-state index is -0.528. The highest BCUT2D eigenvalue weighted by Crippen LogP contribution is 2.40. The molecule has 1 fully saturated rings. The minimum Gasteiger partial charge on any atom is -0.452 e. The highest BCUT2D eigenvalue weighted by atomic mass is 32.1. The molecule has 160 valence electrons. The molecule has 30 heavy (non-hydrogen) atoms. The Kier molecular flexibility index (Phi) is 6.84. The number of ether oxygens (including phenoxy) is 1. The van der Waals surface area contributed by atoms with Gasteiger partial charge in [-0.3, -0.25) is 9.59 Å². The molecule has 4 rings (SSSR count). The van der Waals surface area contributed by atoms with Crippen LogP contribution in [0.3, 0.4) is 0 Å². The zero-order valence-corrected chi connectivity index (χ0v) is 18.5. The van der Waals surface area contributed by atoms with E-state index in [1.807, 2.05) is 17.5 Å². The summed E-state index contributed by atoms with van der Waals surface area (Å²) in [6.07, 6.45) is 7.87. The van der Waals surface area contributed by atoms with Gasteiger partial charge in [0.2, 0.25) is 5.91 Å². The van der Waals surface area contributed by atoms with E-state index >= 15 is 0 Å². The summed E-state index contributed by atoms with van der Waals surface area (Å²) in [5.41, 5.74) is 1.42. The predicted octanol–water partition coefficient (Wildman–Crippen LogP) is 4.29. The van der Waals surface area contributed by atoms with Gasteiger partial charge in [0.1, 0.15) is 5.00 Å². The number of nitrogens with one attached hydrogen (secondary N) is 2. The Labute approximate surface area is 184 Å². The number of fused-ring (bicyclic) bond motifs is 1. The molecule has 2 N–H and O–H groups in total. The average molecular weight is 447 g/mol. The van der Waals surface area contributed by atoms with E-state index in [-0.39, 0.29) is 24.3 Å². The van der Waals surface area contributed by atoms with E-state index in [1.165, 1.54) is 17.8 Å². The molecule has 2 aromatic rings. The minimum absolute atomic E-state index is 0.00244. The van der Waals surface area contributed by atoms with Gasteiger partial charge in [0, 0.05) is 15.7 Å². The molecule has 0 saturated heterocycles. The monoisotopic (exact) mass is 446 g/mol. The molecule has 2 amide bonds. The summed E-state index contributed by atoms with van der Waals surface area (Å²) in [6.45, 7) is 0.0927. The molecular formula is C22H26N2O4S2. The van der Waals surface area contributed by atoms with Gasteiger partial charge in [-0.1, -0.05) is 25.3 Å². The van der Waals surface area contributed by atoms with Crippen LogP contribution >= 0.6 is 22.7 Å². The second-order valence-electron chi connectivity index (χ2n) is 7.82. The first-order valence-corrected chi connectivity index (χ1v) is 12.2. The second kappa shape index (κ2) is 9.75. The third kappa shape index (κ3) is 4.92. The number of carbonyl (C=O) groups is 3. The van der Waals surface area contributed by atoms with Gasteiger partial charge in [-0.05, 0) is 49.1 Å². The summed E-state index contributed by atoms with van der Waals surface area (Å²) < 4.78 is 5.32. The highest BCUT2D eigenvalue weighted by Gasteiger charge is 2.30. The Morgan fingerprint density at radius 3 is 2.70 bits per heavy atom. The lowest BCUT2D eigenvalue weighted by molar-refractivity contribution is -0.124. The van der Waals surface area contributed by atoms with E-state index in [4.69, 9.17) is 4.74 Å². The molecule has 2 heterocycles. The van der Waals surface area contributed by atoms with Gasteiger partial charge in [-0.25, -0.2) is 4.79 Å². The zero-order valence-electron chi connectivity index (χ0n) is 16.8. The molecule has 0 atom stereocenters. The average Bonchev–Trinajstić information content (AvgIpc) is 3.49. The van der Waals surface area contributed by atoms with Crippen LogP contribution in [0.5, 0.6) is 0 Å². The molecule has 0 unspecified atom stereocenters. The Balaban J connectivity index is 1.38. The Bertz CT molecular complexity index is 914. The van der Waals surface area contributed by atoms with Gasteiger partial charge in [0.05, 0.1) is 12.1 Å². The van der Waals surface area contributed by atoms with Gasteiger partial charge >= 0.3 is 5.97 Å². The SMILES string of the molecule is O=C(COC(=O)c1c(NC(=O)C2CCCCC2)sc2c1CCC2)NCc1cccs1. The molecule has 6 nitrogen and oxygen atoms in total. The number of esters is 1. The number of aryl methyl sites for hydroxylation is 1. The fourth-order valence-corrected chi connectivity index (χ4v) is 6.07. The molecule has 0 spiro atoms. The van der Waals surface area contributed by atoms with Crippen molar-refractivity contribution < 1.29 is 19.1 Å². The first-order chi connectivity index (χ1) is 14.6. The van der Waals surface area contributed by atoms with Gasteiger partial charge < -0.3 is 15.4 Å². The molecule has 0 bridgehead atoms. The van der Waals surface area contributed by atoms with Crippen molar-refractivity contribution in [3.63, 3.8) is 0 Å². The van der Waals surface area contributed by atoms with Crippen LogP contribution < -0.4 is 10.6 Å². The van der Waals surface area contributed by atoms with E-state index in [9.17, 15) is 14.4 Å². The van der Waals surface area contributed by atoms with Crippen molar-refractivity contribution in [2.75, 3.05) is 11.9 Å². The normalized spacial score (nSPS) is 16.1. The van der Waals surface area contributed by atoms with E-state index in [2.05, 4.69) is 10.6 Å². The van der Waals surface area contributed by atoms with Crippen molar-refractivity contribution in [3.05, 3.63) is 38.4 Å². The molecule has 8 heteroatoms. The standard InChI is InChI=1S/C22H26N2O4S2/c25-18(23-12-15-8-5-11-29-15)13-28-22(27)19-16-9-4-10-17(16)30-21(19)24-20(26)14-6-2-1-3-7-14/h5,8,11,14H,1-4,6-7,9-10,12-13H2,(H,23,25)(H,24,26). The summed E-state index contributed by atoms with van der Waals surface area (Å²) in [5, 5.41) is 8.29. The fourth-order valence-electron chi connectivity index (χ4n) is 4.14. The molecule has 0 aromatic carbocycles. The zero-order chi connectivity index (χ0) is 20.9. The number of carbonyl (C=O) groups excluding carboxylic acids is 3. The van der Waals surface area contributed by atoms with Crippen LogP contribution in [0.1, 0.15) is 64.2 Å². The van der Waals surface area contributed by atoms with E-state index in [1.54, 1.807) is 11.3 Å². The molecule has 2 aliphatic carbocycles. The van der Waals surface area contributed by atoms with Crippen LogP contribution in [0, 0.1) is 5.92 Å². The summed E-state index contributed by atoms with van der Waals surface area (Å²) in [6, 6.07) is 3.86. The number of amides is 2. The lowest BCUT2D eigenvalue weighted by atomic mass is 9.89. The van der Waals surface area contributed by atoms with Gasteiger partial charge in [-0.2, -0.15) is 0 Å². The molecular weight excluding hydrogens is 420 g/mol. The van der Waals surface area contributed by atoms with Crippen LogP contribution in [0.2, 0.25) is 0 Å². The molecule has 2 aromatic heterocycles. The smallest absolute Gasteiger partial charge is 0.341 e. The van der Waals surface area contributed by atoms with Crippen molar-refractivity contribution in [1.29, 1.82) is 0 Å². The van der Waals surface area contributed by atoms with Crippen molar-refractivity contribution in [1.82, 2.24) is 5.32 Å². The van der Waals surface area contributed by atoms with Gasteiger partial charge in [-0.15, -0.1) is 22.7 Å². The van der Waals surface area contributed by atoms with Crippen molar-refractivity contribution in [3.8, 4) is 0 Å². The predicted molar refractivity (Wildman–Crippen MR) is 118 cm³/mol. The number of rotatable bonds is 7. The maximum absolute atomic E-state index is 12.8. The van der Waals surface area contributed by atoms with Crippen LogP contribution in [-0.2, 0) is 33.7 Å². The maximum atomic E-state index is 12.8. The molecule has 0 radical (unpaired) electrons. The topological polar surface area (TPSA) is 84.5 Å². The second-order valence-corrected chi connectivity index (χ2v) is 9.96. The van der Waals surface area contributed by atoms with Gasteiger partial charge in [0.15, 0.2) is 6.61 Å². The first-order valence-electron chi connectivity index (χ1n) is 10.5. The maximum Gasteiger partial charge on any atom is 0.341 e. The van der Waals surface area contributed by atoms with Crippen molar-refractivity contribution >= 4 is 45.5 Å². The number of anilines is 1. The summed E-state index contributed by atoms with van der Waals surface area (Å²) in [5.74, 6) is -0.851. The van der Waals surface area contributed by atoms with Crippen molar-refractivity contribution in [2.24, 2.45) is 5.92 Å². The number of hydrogen-bond acceptors (Lipinski definition) is 6. The third-order valence-corrected chi connectivity index (χ3v) is 7.80. The molecule has 2 aliphatic rings. The highest BCUT2D eigenvalue weighted by molar-refractivity contribution is 7.17. The quantitative estimate of drug-likeness (QED) is 0.622. The lowest BCUT2D eigenvalue weighted by Gasteiger charge is -2.20. The van der Waals surface area contributed by atoms with E-state index < -0.39 is 5.97 Å². The van der Waals surface area contributed by atoms with E-state index in [0.29, 0.717) is 17.1 Å². The summed E-state index contributed by atoms with van der Waals surface area (Å²) >= 11 is 3.04. The molecule has 1 saturated carbocycles. The Hall–Kier alpha value is -2.19. The van der Waals surface area contributed by atoms with Gasteiger partial charge in [0.25, 0.3) is 5.91 Å². The fraction of sp³-hybridized carbons (Fsp3) is 0.500. The number of hydrogen-bond donors (Lipinski definition) is 2. The van der Waals surface area contributed by atoms with Crippen molar-refractivity contribution in [2.45, 2.75) is 57.9 Å². The largest absolute Gasteiger partial charge is 0.452 e.